The molecule has 0 bridgehead atoms. The standard InChI is InChI=1S/C21H32N2O5/c1-3-27-18-9-4-5-10-19(18)28-15-7-11-20(24)23-13-6-8-17(12-14-23)22(2)16-21(25)26/h4-5,9-10,17H,3,6-8,11-16H2,1-2H3,(H,25,26). The zero-order valence-corrected chi connectivity index (χ0v) is 16.9. The molecule has 0 aromatic heterocycles. The van der Waals surface area contributed by atoms with E-state index < -0.39 is 5.97 Å². The number of carbonyl (C=O) groups excluding carboxylic acids is 1. The molecule has 1 aromatic rings. The summed E-state index contributed by atoms with van der Waals surface area (Å²) in [6, 6.07) is 7.76. The van der Waals surface area contributed by atoms with Crippen LogP contribution in [0, 0.1) is 0 Å². The first-order valence-electron chi connectivity index (χ1n) is 10.1. The van der Waals surface area contributed by atoms with Gasteiger partial charge < -0.3 is 19.5 Å². The molecule has 7 heteroatoms. The molecular weight excluding hydrogens is 360 g/mol. The molecule has 7 nitrogen and oxygen atoms in total. The fraction of sp³-hybridized carbons (Fsp3) is 0.619. The van der Waals surface area contributed by atoms with Gasteiger partial charge in [-0.05, 0) is 51.8 Å². The smallest absolute Gasteiger partial charge is 0.317 e. The minimum atomic E-state index is -0.814. The highest BCUT2D eigenvalue weighted by molar-refractivity contribution is 5.76. The molecule has 1 amide bonds. The largest absolute Gasteiger partial charge is 0.490 e. The Hall–Kier alpha value is -2.28. The van der Waals surface area contributed by atoms with Crippen LogP contribution < -0.4 is 9.47 Å². The normalized spacial score (nSPS) is 17.2. The first kappa shape index (κ1) is 22.0. The lowest BCUT2D eigenvalue weighted by atomic mass is 10.1. The molecule has 1 aromatic carbocycles. The first-order chi connectivity index (χ1) is 13.5. The van der Waals surface area contributed by atoms with E-state index in [4.69, 9.17) is 14.6 Å². The summed E-state index contributed by atoms with van der Waals surface area (Å²) < 4.78 is 11.3. The maximum atomic E-state index is 12.5. The number of rotatable bonds is 10. The molecular formula is C21H32N2O5. The van der Waals surface area contributed by atoms with Gasteiger partial charge in [0.15, 0.2) is 11.5 Å². The average Bonchev–Trinajstić information content (AvgIpc) is 2.92. The van der Waals surface area contributed by atoms with Crippen molar-refractivity contribution in [2.75, 3.05) is 39.9 Å². The number of benzene rings is 1. The van der Waals surface area contributed by atoms with E-state index in [9.17, 15) is 9.59 Å². The number of likely N-dealkylation sites (N-methyl/N-ethyl adjacent to an activating group) is 1. The van der Waals surface area contributed by atoms with E-state index in [1.807, 2.05) is 48.0 Å². The van der Waals surface area contributed by atoms with Crippen LogP contribution in [0.3, 0.4) is 0 Å². The Bertz CT molecular complexity index is 637. The van der Waals surface area contributed by atoms with Crippen LogP contribution in [0.15, 0.2) is 24.3 Å². The van der Waals surface area contributed by atoms with Gasteiger partial charge in [-0.25, -0.2) is 0 Å². The lowest BCUT2D eigenvalue weighted by Gasteiger charge is -2.25. The van der Waals surface area contributed by atoms with Gasteiger partial charge in [-0.15, -0.1) is 0 Å². The molecule has 2 rings (SSSR count). The zero-order valence-electron chi connectivity index (χ0n) is 16.9. The molecule has 1 N–H and O–H groups in total. The summed E-state index contributed by atoms with van der Waals surface area (Å²) in [5.41, 5.74) is 0. The van der Waals surface area contributed by atoms with E-state index in [-0.39, 0.29) is 18.5 Å². The third kappa shape index (κ3) is 7.03. The van der Waals surface area contributed by atoms with Crippen LogP contribution in [-0.2, 0) is 9.59 Å². The molecule has 156 valence electrons. The van der Waals surface area contributed by atoms with Crippen LogP contribution in [0.1, 0.15) is 39.0 Å². The number of carbonyl (C=O) groups is 2. The van der Waals surface area contributed by atoms with Gasteiger partial charge >= 0.3 is 5.97 Å². The van der Waals surface area contributed by atoms with E-state index in [2.05, 4.69) is 0 Å². The topological polar surface area (TPSA) is 79.3 Å². The average molecular weight is 392 g/mol. The van der Waals surface area contributed by atoms with Gasteiger partial charge in [-0.3, -0.25) is 14.5 Å². The third-order valence-corrected chi connectivity index (χ3v) is 5.00. The lowest BCUT2D eigenvalue weighted by Crippen LogP contribution is -2.37. The molecule has 1 atom stereocenters. The van der Waals surface area contributed by atoms with Crippen LogP contribution in [0.5, 0.6) is 11.5 Å². The van der Waals surface area contributed by atoms with Gasteiger partial charge in [0.25, 0.3) is 0 Å². The molecule has 0 aliphatic carbocycles. The van der Waals surface area contributed by atoms with Gasteiger partial charge in [-0.2, -0.15) is 0 Å². The maximum absolute atomic E-state index is 12.5. The van der Waals surface area contributed by atoms with Gasteiger partial charge in [0.1, 0.15) is 0 Å². The van der Waals surface area contributed by atoms with Crippen molar-refractivity contribution in [3.05, 3.63) is 24.3 Å². The van der Waals surface area contributed by atoms with Gasteiger partial charge in [0.2, 0.25) is 5.91 Å². The van der Waals surface area contributed by atoms with Crippen molar-refractivity contribution in [1.29, 1.82) is 0 Å². The number of amides is 1. The summed E-state index contributed by atoms with van der Waals surface area (Å²) in [5.74, 6) is 0.755. The molecule has 0 spiro atoms. The number of nitrogens with zero attached hydrogens (tertiary/aromatic N) is 2. The maximum Gasteiger partial charge on any atom is 0.317 e. The van der Waals surface area contributed by atoms with Crippen LogP contribution in [0.2, 0.25) is 0 Å². The number of hydrogen-bond acceptors (Lipinski definition) is 5. The number of likely N-dealkylation sites (tertiary alicyclic amines) is 1. The van der Waals surface area contributed by atoms with E-state index >= 15 is 0 Å². The van der Waals surface area contributed by atoms with Crippen molar-refractivity contribution >= 4 is 11.9 Å². The van der Waals surface area contributed by atoms with Crippen molar-refractivity contribution in [3.63, 3.8) is 0 Å². The first-order valence-corrected chi connectivity index (χ1v) is 10.1. The second-order valence-electron chi connectivity index (χ2n) is 7.11. The predicted molar refractivity (Wildman–Crippen MR) is 107 cm³/mol. The summed E-state index contributed by atoms with van der Waals surface area (Å²) >= 11 is 0. The molecule has 1 aliphatic heterocycles. The fourth-order valence-corrected chi connectivity index (χ4v) is 3.52. The van der Waals surface area contributed by atoms with E-state index in [1.165, 1.54) is 0 Å². The second kappa shape index (κ2) is 11.5. The van der Waals surface area contributed by atoms with Crippen molar-refractivity contribution < 1.29 is 24.2 Å². The number of ether oxygens (including phenoxy) is 2. The van der Waals surface area contributed by atoms with Crippen molar-refractivity contribution in [2.24, 2.45) is 0 Å². The van der Waals surface area contributed by atoms with Crippen LogP contribution in [-0.4, -0.2) is 72.7 Å². The molecule has 1 heterocycles. The van der Waals surface area contributed by atoms with Crippen LogP contribution >= 0.6 is 0 Å². The fourth-order valence-electron chi connectivity index (χ4n) is 3.52. The van der Waals surface area contributed by atoms with Gasteiger partial charge in [0, 0.05) is 25.6 Å². The van der Waals surface area contributed by atoms with Crippen LogP contribution in [0.4, 0.5) is 0 Å². The second-order valence-corrected chi connectivity index (χ2v) is 7.11. The van der Waals surface area contributed by atoms with E-state index in [1.54, 1.807) is 0 Å². The van der Waals surface area contributed by atoms with Crippen molar-refractivity contribution in [1.82, 2.24) is 9.80 Å². The van der Waals surface area contributed by atoms with Crippen LogP contribution in [0.25, 0.3) is 0 Å². The Balaban J connectivity index is 1.72. The molecule has 1 unspecified atom stereocenters. The molecule has 28 heavy (non-hydrogen) atoms. The summed E-state index contributed by atoms with van der Waals surface area (Å²) in [6.45, 7) is 4.44. The highest BCUT2D eigenvalue weighted by Crippen LogP contribution is 2.26. The molecule has 1 aliphatic rings. The molecule has 0 saturated carbocycles. The molecule has 1 saturated heterocycles. The van der Waals surface area contributed by atoms with E-state index in [0.29, 0.717) is 38.3 Å². The highest BCUT2D eigenvalue weighted by Gasteiger charge is 2.23. The Labute approximate surface area is 167 Å². The summed E-state index contributed by atoms with van der Waals surface area (Å²) in [7, 11) is 1.84. The number of carboxylic acids is 1. The summed E-state index contributed by atoms with van der Waals surface area (Å²) in [6.07, 6.45) is 3.74. The SMILES string of the molecule is CCOc1ccccc1OCCCC(=O)N1CCCC(N(C)CC(=O)O)CC1. The summed E-state index contributed by atoms with van der Waals surface area (Å²) in [5, 5.41) is 8.95. The van der Waals surface area contributed by atoms with Gasteiger partial charge in [-0.1, -0.05) is 12.1 Å². The van der Waals surface area contributed by atoms with Gasteiger partial charge in [0.05, 0.1) is 19.8 Å². The summed E-state index contributed by atoms with van der Waals surface area (Å²) in [4.78, 5) is 27.2. The number of aliphatic carboxylic acids is 1. The Morgan fingerprint density at radius 1 is 1.18 bits per heavy atom. The Morgan fingerprint density at radius 3 is 2.57 bits per heavy atom. The third-order valence-electron chi connectivity index (χ3n) is 5.00. The Morgan fingerprint density at radius 2 is 1.89 bits per heavy atom. The number of para-hydroxylation sites is 2. The molecule has 0 radical (unpaired) electrons. The number of carboxylic acid groups (broad SMARTS) is 1. The monoisotopic (exact) mass is 392 g/mol. The lowest BCUT2D eigenvalue weighted by molar-refractivity contribution is -0.138. The number of hydrogen-bond donors (Lipinski definition) is 1. The van der Waals surface area contributed by atoms with E-state index in [0.717, 1.165) is 31.6 Å². The minimum absolute atomic E-state index is 0.0408. The van der Waals surface area contributed by atoms with Crippen molar-refractivity contribution in [2.45, 2.75) is 45.1 Å². The highest BCUT2D eigenvalue weighted by atomic mass is 16.5. The zero-order chi connectivity index (χ0) is 20.4. The molecule has 1 fully saturated rings. The Kier molecular flexibility index (Phi) is 9.07. The predicted octanol–water partition coefficient (Wildman–Crippen LogP) is 2.64. The van der Waals surface area contributed by atoms with Crippen molar-refractivity contribution in [3.8, 4) is 11.5 Å². The quantitative estimate of drug-likeness (QED) is 0.617. The minimum Gasteiger partial charge on any atom is -0.490 e.